The summed E-state index contributed by atoms with van der Waals surface area (Å²) in [7, 11) is 0. The molecule has 0 aromatic heterocycles. The maximum atomic E-state index is 11.7. The molecule has 0 saturated heterocycles. The minimum Gasteiger partial charge on any atom is -0.411 e. The Balaban J connectivity index is 2.67. The van der Waals surface area contributed by atoms with Gasteiger partial charge in [0.25, 0.3) is 0 Å². The number of aryl methyl sites for hydroxylation is 1. The van der Waals surface area contributed by atoms with Gasteiger partial charge in [0.15, 0.2) is 0 Å². The Bertz CT molecular complexity index is 447. The largest absolute Gasteiger partial charge is 0.411 e. The molecule has 3 nitrogen and oxygen atoms in total. The molecule has 1 aromatic carbocycles. The molecule has 0 spiro atoms. The minimum absolute atomic E-state index is 0.135. The Morgan fingerprint density at radius 1 is 1.36 bits per heavy atom. The topological polar surface area (TPSA) is 49.7 Å². The van der Waals surface area contributed by atoms with E-state index in [1.807, 2.05) is 26.0 Å². The summed E-state index contributed by atoms with van der Waals surface area (Å²) in [6.07, 6.45) is 0.450. The standard InChI is InChI=1S/C11H11NO2/c1-6-3-4-8-5-9(12-14)11(13)10(8)7(6)2/h3-4,14H,5H2,1-2H3/b12-9-. The van der Waals surface area contributed by atoms with Gasteiger partial charge >= 0.3 is 0 Å². The number of rotatable bonds is 0. The zero-order chi connectivity index (χ0) is 10.3. The van der Waals surface area contributed by atoms with E-state index in [-0.39, 0.29) is 11.5 Å². The molecule has 0 saturated carbocycles. The van der Waals surface area contributed by atoms with E-state index < -0.39 is 0 Å². The minimum atomic E-state index is -0.135. The second-order valence-electron chi connectivity index (χ2n) is 3.59. The predicted molar refractivity (Wildman–Crippen MR) is 53.2 cm³/mol. The molecule has 0 amide bonds. The second-order valence-corrected chi connectivity index (χ2v) is 3.59. The number of nitrogens with zero attached hydrogens (tertiary/aromatic N) is 1. The number of carbonyl (C=O) groups excluding carboxylic acids is 1. The molecule has 0 fully saturated rings. The lowest BCUT2D eigenvalue weighted by molar-refractivity contribution is 0.106. The highest BCUT2D eigenvalue weighted by atomic mass is 16.4. The van der Waals surface area contributed by atoms with Crippen LogP contribution in [0.4, 0.5) is 0 Å². The van der Waals surface area contributed by atoms with Crippen LogP contribution in [0, 0.1) is 13.8 Å². The van der Waals surface area contributed by atoms with E-state index in [9.17, 15) is 4.79 Å². The Morgan fingerprint density at radius 2 is 2.07 bits per heavy atom. The molecular weight excluding hydrogens is 178 g/mol. The fraction of sp³-hybridized carbons (Fsp3) is 0.273. The molecule has 72 valence electrons. The first-order chi connectivity index (χ1) is 6.65. The monoisotopic (exact) mass is 189 g/mol. The third-order valence-corrected chi connectivity index (χ3v) is 2.79. The highest BCUT2D eigenvalue weighted by molar-refractivity contribution is 6.49. The maximum Gasteiger partial charge on any atom is 0.211 e. The molecule has 3 heteroatoms. The molecule has 0 aliphatic heterocycles. The Kier molecular flexibility index (Phi) is 1.88. The number of carbonyl (C=O) groups is 1. The molecule has 2 rings (SSSR count). The normalized spacial score (nSPS) is 17.6. The average molecular weight is 189 g/mol. The zero-order valence-electron chi connectivity index (χ0n) is 8.16. The van der Waals surface area contributed by atoms with E-state index in [0.29, 0.717) is 6.42 Å². The fourth-order valence-electron chi connectivity index (χ4n) is 1.82. The van der Waals surface area contributed by atoms with Crippen molar-refractivity contribution in [3.05, 3.63) is 34.4 Å². The van der Waals surface area contributed by atoms with E-state index in [4.69, 9.17) is 5.21 Å². The average Bonchev–Trinajstić information content (AvgIpc) is 2.50. The first kappa shape index (κ1) is 8.94. The van der Waals surface area contributed by atoms with E-state index in [2.05, 4.69) is 5.16 Å². The quantitative estimate of drug-likeness (QED) is 0.500. The van der Waals surface area contributed by atoms with E-state index in [1.165, 1.54) is 0 Å². The van der Waals surface area contributed by atoms with E-state index >= 15 is 0 Å². The number of hydrogen-bond acceptors (Lipinski definition) is 3. The van der Waals surface area contributed by atoms with Crippen LogP contribution in [0.5, 0.6) is 0 Å². The van der Waals surface area contributed by atoms with Gasteiger partial charge in [-0.3, -0.25) is 4.79 Å². The molecule has 0 unspecified atom stereocenters. The lowest BCUT2D eigenvalue weighted by Crippen LogP contribution is -2.08. The lowest BCUT2D eigenvalue weighted by atomic mass is 9.99. The molecule has 1 aromatic rings. The highest BCUT2D eigenvalue weighted by Crippen LogP contribution is 2.25. The fourth-order valence-corrected chi connectivity index (χ4v) is 1.82. The van der Waals surface area contributed by atoms with Crippen LogP contribution in [0.1, 0.15) is 27.0 Å². The molecule has 0 atom stereocenters. The van der Waals surface area contributed by atoms with Crippen molar-refractivity contribution in [2.75, 3.05) is 0 Å². The van der Waals surface area contributed by atoms with Crippen LogP contribution in [0.15, 0.2) is 17.3 Å². The summed E-state index contributed by atoms with van der Waals surface area (Å²) in [6, 6.07) is 3.91. The van der Waals surface area contributed by atoms with Crippen molar-refractivity contribution in [3.63, 3.8) is 0 Å². The van der Waals surface area contributed by atoms with Crippen LogP contribution in [0.3, 0.4) is 0 Å². The van der Waals surface area contributed by atoms with Crippen LogP contribution >= 0.6 is 0 Å². The molecule has 0 bridgehead atoms. The van der Waals surface area contributed by atoms with Crippen molar-refractivity contribution in [1.29, 1.82) is 0 Å². The van der Waals surface area contributed by atoms with Crippen molar-refractivity contribution in [2.45, 2.75) is 20.3 Å². The second kappa shape index (κ2) is 2.94. The Morgan fingerprint density at radius 3 is 2.71 bits per heavy atom. The van der Waals surface area contributed by atoms with Crippen molar-refractivity contribution >= 4 is 11.5 Å². The Hall–Kier alpha value is -1.64. The maximum absolute atomic E-state index is 11.7. The van der Waals surface area contributed by atoms with Crippen LogP contribution < -0.4 is 0 Å². The van der Waals surface area contributed by atoms with E-state index in [0.717, 1.165) is 22.3 Å². The summed E-state index contributed by atoms with van der Waals surface area (Å²) in [5, 5.41) is 11.7. The molecule has 1 aliphatic rings. The van der Waals surface area contributed by atoms with Gasteiger partial charge in [-0.1, -0.05) is 17.3 Å². The molecular formula is C11H11NO2. The number of hydrogen-bond donors (Lipinski definition) is 1. The highest BCUT2D eigenvalue weighted by Gasteiger charge is 2.28. The van der Waals surface area contributed by atoms with Gasteiger partial charge in [-0.15, -0.1) is 0 Å². The Labute approximate surface area is 82.1 Å². The summed E-state index contributed by atoms with van der Waals surface area (Å²) in [4.78, 5) is 11.7. The zero-order valence-corrected chi connectivity index (χ0v) is 8.16. The summed E-state index contributed by atoms with van der Waals surface area (Å²) < 4.78 is 0. The van der Waals surface area contributed by atoms with Gasteiger partial charge in [0, 0.05) is 12.0 Å². The number of benzene rings is 1. The van der Waals surface area contributed by atoms with Crippen molar-refractivity contribution in [3.8, 4) is 0 Å². The number of fused-ring (bicyclic) bond motifs is 1. The summed E-state index contributed by atoms with van der Waals surface area (Å²) in [5.74, 6) is -0.135. The van der Waals surface area contributed by atoms with Crippen molar-refractivity contribution in [2.24, 2.45) is 5.16 Å². The predicted octanol–water partition coefficient (Wildman–Crippen LogP) is 1.87. The van der Waals surface area contributed by atoms with Gasteiger partial charge in [0.2, 0.25) is 5.78 Å². The van der Waals surface area contributed by atoms with Gasteiger partial charge < -0.3 is 5.21 Å². The molecule has 1 aliphatic carbocycles. The third kappa shape index (κ3) is 1.05. The molecule has 0 radical (unpaired) electrons. The summed E-state index contributed by atoms with van der Waals surface area (Å²) in [6.45, 7) is 3.89. The van der Waals surface area contributed by atoms with Gasteiger partial charge in [-0.25, -0.2) is 0 Å². The smallest absolute Gasteiger partial charge is 0.211 e. The van der Waals surface area contributed by atoms with Crippen molar-refractivity contribution in [1.82, 2.24) is 0 Å². The SMILES string of the molecule is Cc1ccc2c(c1C)C(=O)/C(=N\O)C2. The van der Waals surface area contributed by atoms with Crippen LogP contribution in [-0.2, 0) is 6.42 Å². The van der Waals surface area contributed by atoms with Crippen LogP contribution in [0.25, 0.3) is 0 Å². The van der Waals surface area contributed by atoms with Crippen LogP contribution in [-0.4, -0.2) is 16.7 Å². The molecule has 14 heavy (non-hydrogen) atoms. The number of Topliss-reactive ketones (excluding diaryl/α,β-unsaturated/α-hetero) is 1. The third-order valence-electron chi connectivity index (χ3n) is 2.79. The first-order valence-corrected chi connectivity index (χ1v) is 4.50. The van der Waals surface area contributed by atoms with Crippen molar-refractivity contribution < 1.29 is 10.0 Å². The van der Waals surface area contributed by atoms with E-state index in [1.54, 1.807) is 0 Å². The van der Waals surface area contributed by atoms with Gasteiger partial charge in [-0.05, 0) is 30.5 Å². The summed E-state index contributed by atoms with van der Waals surface area (Å²) >= 11 is 0. The lowest BCUT2D eigenvalue weighted by Gasteiger charge is -2.04. The molecule has 1 N–H and O–H groups in total. The van der Waals surface area contributed by atoms with Gasteiger partial charge in [-0.2, -0.15) is 0 Å². The van der Waals surface area contributed by atoms with Gasteiger partial charge in [0.1, 0.15) is 5.71 Å². The molecule has 0 heterocycles. The van der Waals surface area contributed by atoms with Crippen LogP contribution in [0.2, 0.25) is 0 Å². The number of oxime groups is 1. The summed E-state index contributed by atoms with van der Waals surface area (Å²) in [5.41, 5.74) is 4.01. The van der Waals surface area contributed by atoms with Gasteiger partial charge in [0.05, 0.1) is 0 Å². The first-order valence-electron chi connectivity index (χ1n) is 4.50. The number of ketones is 1.